The maximum Gasteiger partial charge on any atom is 0.426 e. The summed E-state index contributed by atoms with van der Waals surface area (Å²) in [5, 5.41) is 10.1. The second-order valence-corrected chi connectivity index (χ2v) is 4.45. The van der Waals surface area contributed by atoms with Crippen molar-refractivity contribution in [2.24, 2.45) is 0 Å². The molecule has 2 N–H and O–H groups in total. The number of carbonyl (C=O) groups is 1. The molecule has 1 heterocycles. The van der Waals surface area contributed by atoms with Crippen LogP contribution < -0.4 is 5.43 Å². The number of hydrogen-bond acceptors (Lipinski definition) is 2. The third kappa shape index (κ3) is 2.36. The number of halogens is 1. The van der Waals surface area contributed by atoms with Crippen molar-refractivity contribution in [2.45, 2.75) is 12.5 Å². The summed E-state index contributed by atoms with van der Waals surface area (Å²) in [6, 6.07) is 7.73. The lowest BCUT2D eigenvalue weighted by atomic mass is 10.1. The zero-order chi connectivity index (χ0) is 11.5. The average Bonchev–Trinajstić information content (AvgIpc) is 2.69. The zero-order valence-electron chi connectivity index (χ0n) is 8.43. The molecule has 1 amide bonds. The quantitative estimate of drug-likeness (QED) is 0.876. The van der Waals surface area contributed by atoms with E-state index in [1.165, 1.54) is 5.01 Å². The number of hydrogen-bond donors (Lipinski definition) is 2. The van der Waals surface area contributed by atoms with Gasteiger partial charge in [-0.25, -0.2) is 9.80 Å². The van der Waals surface area contributed by atoms with E-state index in [0.717, 1.165) is 10.0 Å². The maximum atomic E-state index is 10.9. The Morgan fingerprint density at radius 2 is 2.12 bits per heavy atom. The minimum atomic E-state index is -0.966. The Bertz CT molecular complexity index is 416. The molecule has 0 spiro atoms. The van der Waals surface area contributed by atoms with Gasteiger partial charge in [-0.3, -0.25) is 0 Å². The highest BCUT2D eigenvalue weighted by Gasteiger charge is 2.24. The van der Waals surface area contributed by atoms with Crippen LogP contribution in [0.3, 0.4) is 0 Å². The van der Waals surface area contributed by atoms with Gasteiger partial charge in [-0.1, -0.05) is 28.1 Å². The van der Waals surface area contributed by atoms with Crippen LogP contribution in [-0.2, 0) is 6.42 Å². The molecule has 0 aliphatic carbocycles. The molecule has 0 radical (unpaired) electrons. The molecule has 84 valence electrons. The Morgan fingerprint density at radius 3 is 2.75 bits per heavy atom. The van der Waals surface area contributed by atoms with Crippen molar-refractivity contribution in [3.63, 3.8) is 0 Å². The van der Waals surface area contributed by atoms with E-state index in [1.807, 2.05) is 30.3 Å². The fraction of sp³-hybridized carbons (Fsp3) is 0.182. The molecule has 0 saturated heterocycles. The van der Waals surface area contributed by atoms with E-state index in [9.17, 15) is 4.79 Å². The highest BCUT2D eigenvalue weighted by Crippen LogP contribution is 2.15. The van der Waals surface area contributed by atoms with Gasteiger partial charge in [0.2, 0.25) is 0 Å². The molecule has 1 aromatic carbocycles. The summed E-state index contributed by atoms with van der Waals surface area (Å²) in [5.41, 5.74) is 3.79. The van der Waals surface area contributed by atoms with Crippen LogP contribution in [0.15, 0.2) is 41.0 Å². The van der Waals surface area contributed by atoms with Gasteiger partial charge < -0.3 is 10.5 Å². The molecule has 0 fully saturated rings. The molecular formula is C11H11BrN2O2. The smallest absolute Gasteiger partial charge is 0.426 e. The van der Waals surface area contributed by atoms with Gasteiger partial charge in [0.15, 0.2) is 0 Å². The van der Waals surface area contributed by atoms with Crippen LogP contribution in [0.1, 0.15) is 5.56 Å². The first-order valence-electron chi connectivity index (χ1n) is 4.86. The number of carboxylic acid groups (broad SMARTS) is 1. The van der Waals surface area contributed by atoms with Gasteiger partial charge in [-0.15, -0.1) is 0 Å². The van der Waals surface area contributed by atoms with Crippen molar-refractivity contribution in [1.82, 2.24) is 10.4 Å². The summed E-state index contributed by atoms with van der Waals surface area (Å²) in [5.74, 6) is 0. The molecule has 0 saturated carbocycles. The van der Waals surface area contributed by atoms with Crippen molar-refractivity contribution in [3.8, 4) is 0 Å². The molecule has 0 aromatic heterocycles. The fourth-order valence-electron chi connectivity index (χ4n) is 1.63. The first-order valence-corrected chi connectivity index (χ1v) is 5.65. The van der Waals surface area contributed by atoms with Crippen molar-refractivity contribution in [2.75, 3.05) is 0 Å². The lowest BCUT2D eigenvalue weighted by Crippen LogP contribution is -2.42. The number of rotatable bonds is 2. The molecule has 4 nitrogen and oxygen atoms in total. The minimum Gasteiger partial charge on any atom is -0.464 e. The van der Waals surface area contributed by atoms with E-state index in [4.69, 9.17) is 5.11 Å². The average molecular weight is 283 g/mol. The van der Waals surface area contributed by atoms with E-state index in [-0.39, 0.29) is 6.04 Å². The topological polar surface area (TPSA) is 52.6 Å². The number of nitrogens with one attached hydrogen (secondary N) is 1. The van der Waals surface area contributed by atoms with Crippen LogP contribution in [0, 0.1) is 0 Å². The Balaban J connectivity index is 2.06. The summed E-state index contributed by atoms with van der Waals surface area (Å²) in [6.07, 6.45) is 3.20. The zero-order valence-corrected chi connectivity index (χ0v) is 10.0. The van der Waals surface area contributed by atoms with Gasteiger partial charge in [0.1, 0.15) is 0 Å². The molecule has 16 heavy (non-hydrogen) atoms. The molecular weight excluding hydrogens is 272 g/mol. The third-order valence-corrected chi connectivity index (χ3v) is 2.96. The van der Waals surface area contributed by atoms with Gasteiger partial charge in [-0.2, -0.15) is 0 Å². The molecule has 2 rings (SSSR count). The monoisotopic (exact) mass is 282 g/mol. The Labute approximate surface area is 102 Å². The van der Waals surface area contributed by atoms with E-state index < -0.39 is 6.09 Å². The summed E-state index contributed by atoms with van der Waals surface area (Å²) in [4.78, 5) is 10.9. The van der Waals surface area contributed by atoms with E-state index in [2.05, 4.69) is 21.4 Å². The van der Waals surface area contributed by atoms with Crippen molar-refractivity contribution in [3.05, 3.63) is 46.6 Å². The number of nitrogens with zero attached hydrogens (tertiary/aromatic N) is 1. The molecule has 1 atom stereocenters. The first-order chi connectivity index (χ1) is 7.66. The van der Waals surface area contributed by atoms with Crippen molar-refractivity contribution >= 4 is 22.0 Å². The SMILES string of the molecule is O=C(O)N1NC=CC1Cc1ccc(Br)cc1. The molecule has 5 heteroatoms. The van der Waals surface area contributed by atoms with Crippen LogP contribution >= 0.6 is 15.9 Å². The van der Waals surface area contributed by atoms with Crippen LogP contribution in [0.5, 0.6) is 0 Å². The Morgan fingerprint density at radius 1 is 1.44 bits per heavy atom. The molecule has 1 unspecified atom stereocenters. The second-order valence-electron chi connectivity index (χ2n) is 3.54. The maximum absolute atomic E-state index is 10.9. The van der Waals surface area contributed by atoms with Gasteiger partial charge >= 0.3 is 6.09 Å². The van der Waals surface area contributed by atoms with Gasteiger partial charge in [0.05, 0.1) is 6.04 Å². The third-order valence-electron chi connectivity index (χ3n) is 2.43. The van der Waals surface area contributed by atoms with Crippen molar-refractivity contribution in [1.29, 1.82) is 0 Å². The lowest BCUT2D eigenvalue weighted by molar-refractivity contribution is 0.123. The Kier molecular flexibility index (Phi) is 3.14. The van der Waals surface area contributed by atoms with E-state index in [1.54, 1.807) is 6.20 Å². The van der Waals surface area contributed by atoms with Crippen LogP contribution in [-0.4, -0.2) is 22.3 Å². The van der Waals surface area contributed by atoms with E-state index in [0.29, 0.717) is 6.42 Å². The number of amides is 1. The lowest BCUT2D eigenvalue weighted by Gasteiger charge is -2.21. The second kappa shape index (κ2) is 4.57. The van der Waals surface area contributed by atoms with E-state index >= 15 is 0 Å². The van der Waals surface area contributed by atoms with Gasteiger partial charge in [0.25, 0.3) is 0 Å². The highest BCUT2D eigenvalue weighted by molar-refractivity contribution is 9.10. The normalized spacial score (nSPS) is 18.6. The van der Waals surface area contributed by atoms with Gasteiger partial charge in [0, 0.05) is 10.7 Å². The molecule has 0 bridgehead atoms. The van der Waals surface area contributed by atoms with Crippen LogP contribution in [0.25, 0.3) is 0 Å². The number of benzene rings is 1. The Hall–Kier alpha value is -1.49. The highest BCUT2D eigenvalue weighted by atomic mass is 79.9. The van der Waals surface area contributed by atoms with Crippen molar-refractivity contribution < 1.29 is 9.90 Å². The summed E-state index contributed by atoms with van der Waals surface area (Å²) in [7, 11) is 0. The van der Waals surface area contributed by atoms with Crippen LogP contribution in [0.2, 0.25) is 0 Å². The summed E-state index contributed by atoms with van der Waals surface area (Å²) >= 11 is 3.36. The largest absolute Gasteiger partial charge is 0.464 e. The first kappa shape index (κ1) is 11.0. The standard InChI is InChI=1S/C11H11BrN2O2/c12-9-3-1-8(2-4-9)7-10-5-6-13-14(10)11(15)16/h1-6,10,13H,7H2,(H,15,16). The van der Waals surface area contributed by atoms with Gasteiger partial charge in [-0.05, 0) is 30.2 Å². The predicted octanol–water partition coefficient (Wildman–Crippen LogP) is 2.37. The molecule has 1 aromatic rings. The van der Waals surface area contributed by atoms with Crippen LogP contribution in [0.4, 0.5) is 4.79 Å². The fourth-order valence-corrected chi connectivity index (χ4v) is 1.90. The number of hydrazine groups is 1. The molecule has 1 aliphatic rings. The molecule has 1 aliphatic heterocycles. The predicted molar refractivity (Wildman–Crippen MR) is 63.8 cm³/mol. The minimum absolute atomic E-state index is 0.140. The summed E-state index contributed by atoms with van der Waals surface area (Å²) in [6.45, 7) is 0. The summed E-state index contributed by atoms with van der Waals surface area (Å²) < 4.78 is 1.02.